The van der Waals surface area contributed by atoms with E-state index in [1.54, 1.807) is 7.11 Å². The van der Waals surface area contributed by atoms with Gasteiger partial charge in [-0.05, 0) is 12.8 Å². The van der Waals surface area contributed by atoms with Crippen molar-refractivity contribution in [1.29, 1.82) is 0 Å². The Kier molecular flexibility index (Phi) is 11.8. The summed E-state index contributed by atoms with van der Waals surface area (Å²) in [6.07, 6.45) is 2.78. The number of amides is 2. The maximum atomic E-state index is 11.5. The average molecular weight is 290 g/mol. The molecule has 0 fully saturated rings. The highest BCUT2D eigenvalue weighted by Gasteiger charge is 2.18. The van der Waals surface area contributed by atoms with Gasteiger partial charge in [0.1, 0.15) is 6.04 Å². The lowest BCUT2D eigenvalue weighted by atomic mass is 10.1. The largest absolute Gasteiger partial charge is 0.480 e. The van der Waals surface area contributed by atoms with Gasteiger partial charge >= 0.3 is 12.0 Å². The maximum absolute atomic E-state index is 11.5. The average Bonchev–Trinajstić information content (AvgIpc) is 2.42. The molecule has 3 N–H and O–H groups in total. The first-order valence-electron chi connectivity index (χ1n) is 6.95. The van der Waals surface area contributed by atoms with Crippen molar-refractivity contribution in [3.8, 4) is 0 Å². The van der Waals surface area contributed by atoms with Crippen molar-refractivity contribution in [2.75, 3.05) is 33.5 Å². The molecule has 0 aliphatic carbocycles. The number of carboxylic acids is 1. The Labute approximate surface area is 120 Å². The number of rotatable bonds is 12. The zero-order valence-corrected chi connectivity index (χ0v) is 12.3. The summed E-state index contributed by atoms with van der Waals surface area (Å²) in [4.78, 5) is 22.5. The fraction of sp³-hybridized carbons (Fsp3) is 0.846. The summed E-state index contributed by atoms with van der Waals surface area (Å²) in [7, 11) is 1.60. The van der Waals surface area contributed by atoms with E-state index in [1.165, 1.54) is 0 Å². The van der Waals surface area contributed by atoms with Gasteiger partial charge in [-0.3, -0.25) is 0 Å². The molecule has 0 heterocycles. The van der Waals surface area contributed by atoms with E-state index >= 15 is 0 Å². The van der Waals surface area contributed by atoms with Crippen LogP contribution in [-0.4, -0.2) is 56.6 Å². The highest BCUT2D eigenvalue weighted by molar-refractivity contribution is 5.82. The lowest BCUT2D eigenvalue weighted by Gasteiger charge is -2.14. The van der Waals surface area contributed by atoms with Crippen molar-refractivity contribution in [2.45, 2.75) is 38.6 Å². The van der Waals surface area contributed by atoms with E-state index in [9.17, 15) is 9.59 Å². The molecule has 118 valence electrons. The number of methoxy groups -OCH3 is 1. The molecule has 1 unspecified atom stereocenters. The van der Waals surface area contributed by atoms with Crippen molar-refractivity contribution in [3.63, 3.8) is 0 Å². The monoisotopic (exact) mass is 290 g/mol. The first-order valence-corrected chi connectivity index (χ1v) is 6.95. The maximum Gasteiger partial charge on any atom is 0.326 e. The fourth-order valence-electron chi connectivity index (χ4n) is 1.50. The molecule has 0 bridgehead atoms. The Morgan fingerprint density at radius 3 is 2.55 bits per heavy atom. The normalized spacial score (nSPS) is 11.9. The number of nitrogens with one attached hydrogen (secondary N) is 2. The van der Waals surface area contributed by atoms with E-state index in [1.807, 2.05) is 6.92 Å². The van der Waals surface area contributed by atoms with Crippen LogP contribution in [-0.2, 0) is 14.3 Å². The molecule has 0 spiro atoms. The molecular weight excluding hydrogens is 264 g/mol. The molecule has 2 amide bonds. The molecule has 0 radical (unpaired) electrons. The summed E-state index contributed by atoms with van der Waals surface area (Å²) in [5.74, 6) is -1.00. The second-order valence-corrected chi connectivity index (χ2v) is 4.39. The SMILES string of the molecule is CCCCC(NC(=O)NCCCOCCOC)C(=O)O. The van der Waals surface area contributed by atoms with Crippen LogP contribution in [0.15, 0.2) is 0 Å². The van der Waals surface area contributed by atoms with Gasteiger partial charge in [-0.1, -0.05) is 19.8 Å². The van der Waals surface area contributed by atoms with E-state index in [-0.39, 0.29) is 0 Å². The van der Waals surface area contributed by atoms with E-state index in [0.717, 1.165) is 12.8 Å². The predicted octanol–water partition coefficient (Wildman–Crippen LogP) is 0.982. The number of unbranched alkanes of at least 4 members (excludes halogenated alkanes) is 1. The summed E-state index contributed by atoms with van der Waals surface area (Å²) in [6, 6.07) is -1.28. The molecule has 0 aliphatic heterocycles. The Morgan fingerprint density at radius 1 is 1.20 bits per heavy atom. The molecule has 0 rings (SSSR count). The van der Waals surface area contributed by atoms with Crippen LogP contribution in [0.4, 0.5) is 4.79 Å². The topological polar surface area (TPSA) is 96.9 Å². The first kappa shape index (κ1) is 18.7. The highest BCUT2D eigenvalue weighted by Crippen LogP contribution is 2.00. The Balaban J connectivity index is 3.66. The predicted molar refractivity (Wildman–Crippen MR) is 74.8 cm³/mol. The molecule has 0 saturated heterocycles. The van der Waals surface area contributed by atoms with Crippen molar-refractivity contribution >= 4 is 12.0 Å². The number of hydrogen-bond donors (Lipinski definition) is 3. The quantitative estimate of drug-likeness (QED) is 0.466. The van der Waals surface area contributed by atoms with Crippen LogP contribution in [0.1, 0.15) is 32.6 Å². The van der Waals surface area contributed by atoms with Gasteiger partial charge in [-0.25, -0.2) is 9.59 Å². The molecule has 7 nitrogen and oxygen atoms in total. The van der Waals surface area contributed by atoms with Crippen molar-refractivity contribution in [1.82, 2.24) is 10.6 Å². The number of aliphatic carboxylic acids is 1. The Hall–Kier alpha value is -1.34. The van der Waals surface area contributed by atoms with Crippen molar-refractivity contribution in [3.05, 3.63) is 0 Å². The summed E-state index contributed by atoms with van der Waals surface area (Å²) < 4.78 is 10.1. The number of carbonyl (C=O) groups is 2. The van der Waals surface area contributed by atoms with Gasteiger partial charge in [0.05, 0.1) is 13.2 Å². The summed E-state index contributed by atoms with van der Waals surface area (Å²) >= 11 is 0. The summed E-state index contributed by atoms with van der Waals surface area (Å²) in [5.41, 5.74) is 0. The van der Waals surface area contributed by atoms with Crippen LogP contribution in [0.5, 0.6) is 0 Å². The Bertz CT molecular complexity index is 273. The van der Waals surface area contributed by atoms with Crippen LogP contribution in [0.25, 0.3) is 0 Å². The summed E-state index contributed by atoms with van der Waals surface area (Å²) in [6.45, 7) is 4.02. The van der Waals surface area contributed by atoms with Crippen LogP contribution < -0.4 is 10.6 Å². The first-order chi connectivity index (χ1) is 9.61. The van der Waals surface area contributed by atoms with Crippen molar-refractivity contribution < 1.29 is 24.2 Å². The second kappa shape index (κ2) is 12.7. The van der Waals surface area contributed by atoms with Crippen molar-refractivity contribution in [2.24, 2.45) is 0 Å². The molecule has 0 aromatic carbocycles. The van der Waals surface area contributed by atoms with Gasteiger partial charge in [0, 0.05) is 20.3 Å². The smallest absolute Gasteiger partial charge is 0.326 e. The molecule has 0 aromatic heterocycles. The van der Waals surface area contributed by atoms with Gasteiger partial charge in [-0.15, -0.1) is 0 Å². The third-order valence-corrected chi connectivity index (χ3v) is 2.63. The highest BCUT2D eigenvalue weighted by atomic mass is 16.5. The number of carboxylic acid groups (broad SMARTS) is 1. The number of hydrogen-bond acceptors (Lipinski definition) is 4. The number of ether oxygens (including phenoxy) is 2. The minimum atomic E-state index is -1.00. The molecule has 0 aliphatic rings. The molecule has 20 heavy (non-hydrogen) atoms. The second-order valence-electron chi connectivity index (χ2n) is 4.39. The fourth-order valence-corrected chi connectivity index (χ4v) is 1.50. The van der Waals surface area contributed by atoms with Crippen LogP contribution in [0, 0.1) is 0 Å². The number of urea groups is 1. The summed E-state index contributed by atoms with van der Waals surface area (Å²) in [5, 5.41) is 14.0. The molecular formula is C13H26N2O5. The molecule has 0 aromatic rings. The lowest BCUT2D eigenvalue weighted by Crippen LogP contribution is -2.46. The van der Waals surface area contributed by atoms with Gasteiger partial charge in [0.25, 0.3) is 0 Å². The minimum Gasteiger partial charge on any atom is -0.480 e. The zero-order chi connectivity index (χ0) is 15.2. The number of carbonyl (C=O) groups excluding carboxylic acids is 1. The standard InChI is InChI=1S/C13H26N2O5/c1-3-4-6-11(12(16)17)15-13(18)14-7-5-8-20-10-9-19-2/h11H,3-10H2,1-2H3,(H,16,17)(H2,14,15,18). The molecule has 1 atom stereocenters. The van der Waals surface area contributed by atoms with Gasteiger partial charge in [0.2, 0.25) is 0 Å². The third kappa shape index (κ3) is 10.6. The third-order valence-electron chi connectivity index (χ3n) is 2.63. The van der Waals surface area contributed by atoms with Gasteiger partial charge < -0.3 is 25.2 Å². The van der Waals surface area contributed by atoms with Crippen LogP contribution in [0.2, 0.25) is 0 Å². The van der Waals surface area contributed by atoms with Crippen LogP contribution >= 0.6 is 0 Å². The van der Waals surface area contributed by atoms with E-state index in [2.05, 4.69) is 10.6 Å². The lowest BCUT2D eigenvalue weighted by molar-refractivity contribution is -0.139. The Morgan fingerprint density at radius 2 is 1.95 bits per heavy atom. The zero-order valence-electron chi connectivity index (χ0n) is 12.3. The van der Waals surface area contributed by atoms with E-state index in [4.69, 9.17) is 14.6 Å². The molecule has 0 saturated carbocycles. The van der Waals surface area contributed by atoms with E-state index < -0.39 is 18.0 Å². The van der Waals surface area contributed by atoms with E-state index in [0.29, 0.717) is 39.2 Å². The van der Waals surface area contributed by atoms with Gasteiger partial charge in [-0.2, -0.15) is 0 Å². The molecule has 7 heteroatoms. The minimum absolute atomic E-state index is 0.443. The van der Waals surface area contributed by atoms with Gasteiger partial charge in [0.15, 0.2) is 0 Å². The van der Waals surface area contributed by atoms with Crippen LogP contribution in [0.3, 0.4) is 0 Å².